The number of hydrogen-bond donors (Lipinski definition) is 2. The molecule has 0 bridgehead atoms. The standard InChI is InChI=1S/C18H19ClN4O2S3/c1-18(2,23-28(24,25)15-10-8-13(19)9-11-15)12-26-17-22-21-16(27-17)20-14-6-4-3-5-7-14/h3-11,23H,12H2,1-2H3,(H,20,21). The van der Waals surface area contributed by atoms with E-state index in [9.17, 15) is 8.42 Å². The molecular formula is C18H19ClN4O2S3. The second-order valence-corrected chi connectivity index (χ2v) is 10.9. The van der Waals surface area contributed by atoms with E-state index in [0.717, 1.165) is 10.0 Å². The third-order valence-electron chi connectivity index (χ3n) is 3.52. The van der Waals surface area contributed by atoms with Gasteiger partial charge in [-0.1, -0.05) is 52.9 Å². The maximum Gasteiger partial charge on any atom is 0.241 e. The molecule has 28 heavy (non-hydrogen) atoms. The van der Waals surface area contributed by atoms with E-state index in [2.05, 4.69) is 20.2 Å². The van der Waals surface area contributed by atoms with E-state index >= 15 is 0 Å². The average Bonchev–Trinajstić information content (AvgIpc) is 3.08. The number of halogens is 1. The van der Waals surface area contributed by atoms with Crippen molar-refractivity contribution in [2.24, 2.45) is 0 Å². The number of hydrogen-bond acceptors (Lipinski definition) is 7. The topological polar surface area (TPSA) is 84.0 Å². The minimum absolute atomic E-state index is 0.181. The van der Waals surface area contributed by atoms with Crippen LogP contribution in [0.5, 0.6) is 0 Å². The van der Waals surface area contributed by atoms with Gasteiger partial charge in [0.2, 0.25) is 15.2 Å². The van der Waals surface area contributed by atoms with Crippen molar-refractivity contribution in [1.29, 1.82) is 0 Å². The van der Waals surface area contributed by atoms with Crippen LogP contribution in [0.2, 0.25) is 5.02 Å². The lowest BCUT2D eigenvalue weighted by molar-refractivity contribution is 0.498. The van der Waals surface area contributed by atoms with Crippen LogP contribution in [-0.4, -0.2) is 29.9 Å². The molecule has 148 valence electrons. The Morgan fingerprint density at radius 3 is 2.43 bits per heavy atom. The van der Waals surface area contributed by atoms with Gasteiger partial charge in [0.05, 0.1) is 4.90 Å². The van der Waals surface area contributed by atoms with Crippen LogP contribution in [0.4, 0.5) is 10.8 Å². The second kappa shape index (κ2) is 8.79. The molecule has 0 aliphatic rings. The number of anilines is 2. The smallest absolute Gasteiger partial charge is 0.241 e. The molecule has 0 saturated carbocycles. The van der Waals surface area contributed by atoms with Crippen molar-refractivity contribution in [2.45, 2.75) is 28.6 Å². The number of aromatic nitrogens is 2. The summed E-state index contributed by atoms with van der Waals surface area (Å²) in [4.78, 5) is 0.181. The number of thioether (sulfide) groups is 1. The maximum absolute atomic E-state index is 12.6. The van der Waals surface area contributed by atoms with Crippen molar-refractivity contribution in [2.75, 3.05) is 11.1 Å². The number of nitrogens with zero attached hydrogens (tertiary/aromatic N) is 2. The Hall–Kier alpha value is -1.65. The summed E-state index contributed by atoms with van der Waals surface area (Å²) in [5.41, 5.74) is 0.258. The van der Waals surface area contributed by atoms with Gasteiger partial charge in [-0.05, 0) is 50.2 Å². The summed E-state index contributed by atoms with van der Waals surface area (Å²) in [7, 11) is -3.64. The van der Waals surface area contributed by atoms with Gasteiger partial charge in [-0.3, -0.25) is 0 Å². The highest BCUT2D eigenvalue weighted by Crippen LogP contribution is 2.30. The normalized spacial score (nSPS) is 12.1. The first kappa shape index (κ1) is 21.1. The van der Waals surface area contributed by atoms with Gasteiger partial charge in [-0.15, -0.1) is 10.2 Å². The predicted octanol–water partition coefficient (Wildman–Crippen LogP) is 4.78. The van der Waals surface area contributed by atoms with Crippen LogP contribution in [0.15, 0.2) is 63.8 Å². The van der Waals surface area contributed by atoms with Gasteiger partial charge in [0.1, 0.15) is 0 Å². The fourth-order valence-corrected chi connectivity index (χ4v) is 5.70. The molecular weight excluding hydrogens is 436 g/mol. The van der Waals surface area contributed by atoms with Gasteiger partial charge in [0, 0.05) is 22.0 Å². The van der Waals surface area contributed by atoms with E-state index in [1.807, 2.05) is 44.2 Å². The van der Waals surface area contributed by atoms with E-state index < -0.39 is 15.6 Å². The van der Waals surface area contributed by atoms with Gasteiger partial charge in [-0.25, -0.2) is 13.1 Å². The van der Waals surface area contributed by atoms with Crippen LogP contribution in [0.25, 0.3) is 0 Å². The molecule has 3 rings (SSSR count). The molecule has 0 aliphatic heterocycles. The minimum Gasteiger partial charge on any atom is -0.330 e. The highest BCUT2D eigenvalue weighted by Gasteiger charge is 2.27. The first-order valence-electron chi connectivity index (χ1n) is 8.31. The molecule has 1 aromatic heterocycles. The van der Waals surface area contributed by atoms with Gasteiger partial charge < -0.3 is 5.32 Å². The lowest BCUT2D eigenvalue weighted by atomic mass is 10.1. The van der Waals surface area contributed by atoms with Crippen molar-refractivity contribution in [3.63, 3.8) is 0 Å². The van der Waals surface area contributed by atoms with Crippen LogP contribution in [0, 0.1) is 0 Å². The Morgan fingerprint density at radius 2 is 1.75 bits per heavy atom. The summed E-state index contributed by atoms with van der Waals surface area (Å²) < 4.78 is 28.7. The van der Waals surface area contributed by atoms with E-state index in [0.29, 0.717) is 15.9 Å². The highest BCUT2D eigenvalue weighted by molar-refractivity contribution is 8.01. The summed E-state index contributed by atoms with van der Waals surface area (Å²) in [6, 6.07) is 15.8. The van der Waals surface area contributed by atoms with Gasteiger partial charge >= 0.3 is 0 Å². The highest BCUT2D eigenvalue weighted by atomic mass is 35.5. The largest absolute Gasteiger partial charge is 0.330 e. The third-order valence-corrected chi connectivity index (χ3v) is 7.92. The molecule has 0 atom stereocenters. The zero-order chi connectivity index (χ0) is 20.2. The number of nitrogens with one attached hydrogen (secondary N) is 2. The van der Waals surface area contributed by atoms with Gasteiger partial charge in [-0.2, -0.15) is 0 Å². The number of benzene rings is 2. The zero-order valence-electron chi connectivity index (χ0n) is 15.2. The quantitative estimate of drug-likeness (QED) is 0.476. The van der Waals surface area contributed by atoms with Crippen molar-refractivity contribution in [3.05, 3.63) is 59.6 Å². The molecule has 0 unspecified atom stereocenters. The van der Waals surface area contributed by atoms with Crippen LogP contribution in [0.3, 0.4) is 0 Å². The molecule has 0 aliphatic carbocycles. The molecule has 0 amide bonds. The van der Waals surface area contributed by atoms with Crippen LogP contribution in [-0.2, 0) is 10.0 Å². The molecule has 0 spiro atoms. The minimum atomic E-state index is -3.64. The molecule has 6 nitrogen and oxygen atoms in total. The van der Waals surface area contributed by atoms with Crippen LogP contribution in [0.1, 0.15) is 13.8 Å². The van der Waals surface area contributed by atoms with Gasteiger partial charge in [0.25, 0.3) is 0 Å². The van der Waals surface area contributed by atoms with Crippen molar-refractivity contribution in [3.8, 4) is 0 Å². The Bertz CT molecular complexity index is 1020. The third kappa shape index (κ3) is 5.92. The lowest BCUT2D eigenvalue weighted by Gasteiger charge is -2.25. The predicted molar refractivity (Wildman–Crippen MR) is 116 cm³/mol. The Morgan fingerprint density at radius 1 is 1.07 bits per heavy atom. The molecule has 2 aromatic carbocycles. The number of sulfonamides is 1. The average molecular weight is 455 g/mol. The van der Waals surface area contributed by atoms with E-state index in [-0.39, 0.29) is 4.90 Å². The van der Waals surface area contributed by atoms with Crippen LogP contribution < -0.4 is 10.0 Å². The summed E-state index contributed by atoms with van der Waals surface area (Å²) >= 11 is 8.71. The van der Waals surface area contributed by atoms with Crippen molar-refractivity contribution < 1.29 is 8.42 Å². The number of para-hydroxylation sites is 1. The van der Waals surface area contributed by atoms with E-state index in [4.69, 9.17) is 11.6 Å². The summed E-state index contributed by atoms with van der Waals surface area (Å²) in [5, 5.41) is 12.7. The molecule has 2 N–H and O–H groups in total. The fraction of sp³-hybridized carbons (Fsp3) is 0.222. The first-order valence-corrected chi connectivity index (χ1v) is 12.0. The maximum atomic E-state index is 12.6. The molecule has 1 heterocycles. The van der Waals surface area contributed by atoms with Gasteiger partial charge in [0.15, 0.2) is 4.34 Å². The van der Waals surface area contributed by atoms with E-state index in [1.54, 1.807) is 12.1 Å². The monoisotopic (exact) mass is 454 g/mol. The molecule has 0 saturated heterocycles. The summed E-state index contributed by atoms with van der Waals surface area (Å²) in [5.74, 6) is 0.500. The second-order valence-electron chi connectivity index (χ2n) is 6.60. The molecule has 10 heteroatoms. The Kier molecular flexibility index (Phi) is 6.61. The first-order chi connectivity index (χ1) is 13.2. The van der Waals surface area contributed by atoms with E-state index in [1.165, 1.54) is 35.2 Å². The summed E-state index contributed by atoms with van der Waals surface area (Å²) in [6.07, 6.45) is 0. The van der Waals surface area contributed by atoms with Crippen molar-refractivity contribution >= 4 is 55.5 Å². The lowest BCUT2D eigenvalue weighted by Crippen LogP contribution is -2.45. The molecule has 0 radical (unpaired) electrons. The fourth-order valence-electron chi connectivity index (χ4n) is 2.27. The summed E-state index contributed by atoms with van der Waals surface area (Å²) in [6.45, 7) is 3.66. The number of rotatable bonds is 8. The van der Waals surface area contributed by atoms with Crippen molar-refractivity contribution in [1.82, 2.24) is 14.9 Å². The SMILES string of the molecule is CC(C)(CSc1nnc(Nc2ccccc2)s1)NS(=O)(=O)c1ccc(Cl)cc1. The zero-order valence-corrected chi connectivity index (χ0v) is 18.4. The Labute approximate surface area is 177 Å². The molecule has 0 fully saturated rings. The molecule has 3 aromatic rings. The van der Waals surface area contributed by atoms with Crippen LogP contribution >= 0.6 is 34.7 Å². The Balaban J connectivity index is 1.59.